The highest BCUT2D eigenvalue weighted by Crippen LogP contribution is 2.26. The van der Waals surface area contributed by atoms with Crippen molar-refractivity contribution in [3.8, 4) is 0 Å². The van der Waals surface area contributed by atoms with Crippen molar-refractivity contribution in [2.24, 2.45) is 7.05 Å². The van der Waals surface area contributed by atoms with Crippen LogP contribution in [0.25, 0.3) is 0 Å². The lowest BCUT2D eigenvalue weighted by molar-refractivity contribution is 0.0656. The molecule has 1 aromatic heterocycles. The highest BCUT2D eigenvalue weighted by Gasteiger charge is 2.37. The third-order valence-electron chi connectivity index (χ3n) is 3.42. The molecule has 0 unspecified atom stereocenters. The number of Topliss-reactive ketones (excluding diaryl/α,β-unsaturated/α-hetero) is 1. The second kappa shape index (κ2) is 4.78. The van der Waals surface area contributed by atoms with Crippen LogP contribution in [-0.4, -0.2) is 40.1 Å². The molecule has 0 aromatic carbocycles. The minimum Gasteiger partial charge on any atom is -0.297 e. The van der Waals surface area contributed by atoms with Gasteiger partial charge >= 0.3 is 0 Å². The van der Waals surface area contributed by atoms with Gasteiger partial charge < -0.3 is 0 Å². The monoisotopic (exact) mass is 223 g/mol. The van der Waals surface area contributed by atoms with Gasteiger partial charge in [-0.05, 0) is 26.9 Å². The van der Waals surface area contributed by atoms with Crippen LogP contribution in [0.1, 0.15) is 37.0 Å². The number of ketones is 1. The third kappa shape index (κ3) is 2.02. The summed E-state index contributed by atoms with van der Waals surface area (Å²) in [7, 11) is 5.74. The van der Waals surface area contributed by atoms with Crippen LogP contribution in [0.4, 0.5) is 0 Å². The van der Waals surface area contributed by atoms with E-state index in [-0.39, 0.29) is 5.78 Å². The summed E-state index contributed by atoms with van der Waals surface area (Å²) in [5.41, 5.74) is 0.295. The quantitative estimate of drug-likeness (QED) is 0.713. The van der Waals surface area contributed by atoms with Crippen LogP contribution in [-0.2, 0) is 7.05 Å². The first-order valence-electron chi connectivity index (χ1n) is 5.68. The van der Waals surface area contributed by atoms with E-state index in [4.69, 9.17) is 0 Å². The summed E-state index contributed by atoms with van der Waals surface area (Å²) in [6.45, 7) is 4.11. The first-order valence-corrected chi connectivity index (χ1v) is 5.68. The normalized spacial score (nSPS) is 12.1. The van der Waals surface area contributed by atoms with E-state index in [9.17, 15) is 4.79 Å². The summed E-state index contributed by atoms with van der Waals surface area (Å²) in [6, 6.07) is 0. The smallest absolute Gasteiger partial charge is 0.186 e. The first kappa shape index (κ1) is 12.9. The van der Waals surface area contributed by atoms with Gasteiger partial charge in [-0.3, -0.25) is 14.4 Å². The Balaban J connectivity index is 3.09. The molecule has 0 amide bonds. The number of aromatic nitrogens is 2. The molecule has 1 heterocycles. The Morgan fingerprint density at radius 1 is 1.44 bits per heavy atom. The number of carbonyl (C=O) groups excluding carboxylic acids is 1. The van der Waals surface area contributed by atoms with Gasteiger partial charge in [0.1, 0.15) is 0 Å². The lowest BCUT2D eigenvalue weighted by atomic mass is 9.84. The summed E-state index contributed by atoms with van der Waals surface area (Å²) in [6.07, 6.45) is 5.05. The van der Waals surface area contributed by atoms with Crippen LogP contribution in [0.5, 0.6) is 0 Å². The van der Waals surface area contributed by atoms with Crippen molar-refractivity contribution in [2.45, 2.75) is 32.2 Å². The predicted octanol–water partition coefficient (Wildman–Crippen LogP) is 1.72. The van der Waals surface area contributed by atoms with Crippen molar-refractivity contribution >= 4 is 5.78 Å². The van der Waals surface area contributed by atoms with Gasteiger partial charge in [-0.15, -0.1) is 0 Å². The molecule has 0 saturated carbocycles. The third-order valence-corrected chi connectivity index (χ3v) is 3.42. The average molecular weight is 223 g/mol. The standard InChI is InChI=1S/C12H21N3O/c1-6-12(7-2,14(3)4)11(16)10-8-13-15(5)9-10/h8-9H,6-7H2,1-5H3. The van der Waals surface area contributed by atoms with Gasteiger partial charge in [0.25, 0.3) is 0 Å². The van der Waals surface area contributed by atoms with Gasteiger partial charge in [-0.1, -0.05) is 13.8 Å². The summed E-state index contributed by atoms with van der Waals surface area (Å²) in [4.78, 5) is 14.5. The molecule has 0 N–H and O–H groups in total. The van der Waals surface area contributed by atoms with E-state index >= 15 is 0 Å². The highest BCUT2D eigenvalue weighted by molar-refractivity contribution is 6.02. The van der Waals surface area contributed by atoms with Crippen LogP contribution in [0.15, 0.2) is 12.4 Å². The molecule has 0 aliphatic carbocycles. The molecule has 0 aliphatic heterocycles. The molecule has 16 heavy (non-hydrogen) atoms. The number of hydrogen-bond acceptors (Lipinski definition) is 3. The Labute approximate surface area is 97.2 Å². The molecular formula is C12H21N3O. The Morgan fingerprint density at radius 3 is 2.31 bits per heavy atom. The van der Waals surface area contributed by atoms with E-state index in [1.165, 1.54) is 0 Å². The van der Waals surface area contributed by atoms with Crippen LogP contribution in [0.2, 0.25) is 0 Å². The predicted molar refractivity (Wildman–Crippen MR) is 64.5 cm³/mol. The number of rotatable bonds is 5. The van der Waals surface area contributed by atoms with E-state index in [0.717, 1.165) is 12.8 Å². The lowest BCUT2D eigenvalue weighted by Gasteiger charge is -2.36. The van der Waals surface area contributed by atoms with E-state index in [1.807, 2.05) is 26.0 Å². The minimum absolute atomic E-state index is 0.163. The van der Waals surface area contributed by atoms with Crippen molar-refractivity contribution in [1.29, 1.82) is 0 Å². The number of nitrogens with zero attached hydrogens (tertiary/aromatic N) is 3. The Hall–Kier alpha value is -1.16. The van der Waals surface area contributed by atoms with Crippen molar-refractivity contribution in [3.63, 3.8) is 0 Å². The van der Waals surface area contributed by atoms with E-state index in [1.54, 1.807) is 17.1 Å². The zero-order valence-electron chi connectivity index (χ0n) is 10.8. The number of carbonyl (C=O) groups is 1. The van der Waals surface area contributed by atoms with Gasteiger partial charge in [-0.2, -0.15) is 5.10 Å². The Bertz CT molecular complexity index is 364. The van der Waals surface area contributed by atoms with Crippen LogP contribution in [0.3, 0.4) is 0 Å². The molecule has 90 valence electrons. The minimum atomic E-state index is -0.400. The molecule has 4 heteroatoms. The highest BCUT2D eigenvalue weighted by atomic mass is 16.1. The fourth-order valence-corrected chi connectivity index (χ4v) is 2.21. The molecule has 4 nitrogen and oxygen atoms in total. The van der Waals surface area contributed by atoms with Crippen LogP contribution >= 0.6 is 0 Å². The molecule has 0 bridgehead atoms. The molecule has 0 saturated heterocycles. The second-order valence-corrected chi connectivity index (χ2v) is 4.36. The van der Waals surface area contributed by atoms with Crippen molar-refractivity contribution in [1.82, 2.24) is 14.7 Å². The zero-order chi connectivity index (χ0) is 12.3. The molecule has 1 aromatic rings. The first-order chi connectivity index (χ1) is 7.47. The largest absolute Gasteiger partial charge is 0.297 e. The van der Waals surface area contributed by atoms with Crippen molar-refractivity contribution < 1.29 is 4.79 Å². The maximum atomic E-state index is 12.5. The van der Waals surface area contributed by atoms with Crippen LogP contribution in [0, 0.1) is 0 Å². The van der Waals surface area contributed by atoms with E-state index < -0.39 is 5.54 Å². The summed E-state index contributed by atoms with van der Waals surface area (Å²) in [5, 5.41) is 4.06. The van der Waals surface area contributed by atoms with E-state index in [2.05, 4.69) is 18.9 Å². The molecule has 1 rings (SSSR count). The molecule has 0 fully saturated rings. The molecule has 0 spiro atoms. The van der Waals surface area contributed by atoms with Gasteiger partial charge in [0.05, 0.1) is 17.3 Å². The number of aryl methyl sites for hydroxylation is 1. The topological polar surface area (TPSA) is 38.1 Å². The van der Waals surface area contributed by atoms with Gasteiger partial charge in [0.2, 0.25) is 0 Å². The number of hydrogen-bond donors (Lipinski definition) is 0. The SMILES string of the molecule is CCC(CC)(C(=O)c1cnn(C)c1)N(C)C. The second-order valence-electron chi connectivity index (χ2n) is 4.36. The zero-order valence-corrected chi connectivity index (χ0v) is 10.8. The summed E-state index contributed by atoms with van der Waals surface area (Å²) >= 11 is 0. The van der Waals surface area contributed by atoms with Gasteiger partial charge in [0.15, 0.2) is 5.78 Å². The van der Waals surface area contributed by atoms with Gasteiger partial charge in [0, 0.05) is 13.2 Å². The van der Waals surface area contributed by atoms with E-state index in [0.29, 0.717) is 5.56 Å². The maximum absolute atomic E-state index is 12.5. The fourth-order valence-electron chi connectivity index (χ4n) is 2.21. The Kier molecular flexibility index (Phi) is 3.86. The fraction of sp³-hybridized carbons (Fsp3) is 0.667. The van der Waals surface area contributed by atoms with Crippen molar-refractivity contribution in [3.05, 3.63) is 18.0 Å². The van der Waals surface area contributed by atoms with Crippen LogP contribution < -0.4 is 0 Å². The lowest BCUT2D eigenvalue weighted by Crippen LogP contribution is -2.50. The molecule has 0 radical (unpaired) electrons. The van der Waals surface area contributed by atoms with Gasteiger partial charge in [-0.25, -0.2) is 0 Å². The summed E-state index contributed by atoms with van der Waals surface area (Å²) in [5.74, 6) is 0.163. The molecular weight excluding hydrogens is 202 g/mol. The molecule has 0 atom stereocenters. The molecule has 0 aliphatic rings. The number of likely N-dealkylation sites (N-methyl/N-ethyl adjacent to an activating group) is 1. The van der Waals surface area contributed by atoms with Crippen molar-refractivity contribution in [2.75, 3.05) is 14.1 Å². The summed E-state index contributed by atoms with van der Waals surface area (Å²) < 4.78 is 1.67. The average Bonchev–Trinajstić information content (AvgIpc) is 2.66. The Morgan fingerprint density at radius 2 is 2.00 bits per heavy atom. The maximum Gasteiger partial charge on any atom is 0.186 e.